The Morgan fingerprint density at radius 2 is 1.91 bits per heavy atom. The first kappa shape index (κ1) is 21.4. The summed E-state index contributed by atoms with van der Waals surface area (Å²) in [5.74, 6) is -0.617. The van der Waals surface area contributed by atoms with E-state index in [1.165, 1.54) is 0 Å². The van der Waals surface area contributed by atoms with Gasteiger partial charge in [0.05, 0.1) is 20.6 Å². The second-order valence-electron chi connectivity index (χ2n) is 7.24. The Labute approximate surface area is 135 Å². The molecule has 0 fully saturated rings. The summed E-state index contributed by atoms with van der Waals surface area (Å²) in [6.07, 6.45) is 0.832. The molecule has 6 nitrogen and oxygen atoms in total. The number of hydrogen-bond acceptors (Lipinski definition) is 4. The number of aliphatic hydroxyl groups excluding tert-OH is 1. The Hall–Kier alpha value is -0.630. The van der Waals surface area contributed by atoms with Crippen LogP contribution >= 0.6 is 0 Å². The minimum absolute atomic E-state index is 0.0655. The maximum Gasteiger partial charge on any atom is 0.267 e. The summed E-state index contributed by atoms with van der Waals surface area (Å²) in [7, 11) is -0.278. The molecule has 0 saturated heterocycles. The van der Waals surface area contributed by atoms with Crippen LogP contribution in [0.4, 0.5) is 0 Å². The first-order valence-corrected chi connectivity index (χ1v) is 9.28. The standard InChI is InChI=1S/C15H32N2O4S/c1-7-15(3,4)13(2)16-9-8-10-17(5,6)11-14(18)12-22(19,20)21/h14,16,18H,2,7-12H2,1,3-6H3/p+1. The highest BCUT2D eigenvalue weighted by atomic mass is 32.2. The van der Waals surface area contributed by atoms with Crippen molar-refractivity contribution >= 4 is 10.1 Å². The average Bonchev–Trinajstić information content (AvgIpc) is 2.30. The highest BCUT2D eigenvalue weighted by Crippen LogP contribution is 2.26. The monoisotopic (exact) mass is 337 g/mol. The lowest BCUT2D eigenvalue weighted by atomic mass is 9.87. The molecule has 0 aromatic heterocycles. The molecule has 0 aliphatic carbocycles. The van der Waals surface area contributed by atoms with Crippen molar-refractivity contribution in [2.75, 3.05) is 39.5 Å². The van der Waals surface area contributed by atoms with Crippen LogP contribution in [0, 0.1) is 5.41 Å². The van der Waals surface area contributed by atoms with E-state index in [1.54, 1.807) is 0 Å². The Morgan fingerprint density at radius 3 is 2.36 bits per heavy atom. The van der Waals surface area contributed by atoms with E-state index >= 15 is 0 Å². The molecule has 0 rings (SSSR count). The molecule has 3 N–H and O–H groups in total. The van der Waals surface area contributed by atoms with Gasteiger partial charge in [-0.25, -0.2) is 0 Å². The molecule has 7 heteroatoms. The van der Waals surface area contributed by atoms with Gasteiger partial charge < -0.3 is 14.9 Å². The predicted octanol–water partition coefficient (Wildman–Crippen LogP) is 1.24. The van der Waals surface area contributed by atoms with E-state index in [1.807, 2.05) is 14.1 Å². The topological polar surface area (TPSA) is 86.6 Å². The van der Waals surface area contributed by atoms with Crippen molar-refractivity contribution in [3.63, 3.8) is 0 Å². The van der Waals surface area contributed by atoms with Gasteiger partial charge in [-0.05, 0) is 6.42 Å². The van der Waals surface area contributed by atoms with Crippen LogP contribution in [-0.4, -0.2) is 68.1 Å². The molecule has 0 heterocycles. The number of aliphatic hydroxyl groups is 1. The van der Waals surface area contributed by atoms with Crippen molar-refractivity contribution in [2.24, 2.45) is 5.41 Å². The second kappa shape index (κ2) is 8.29. The predicted molar refractivity (Wildman–Crippen MR) is 90.1 cm³/mol. The lowest BCUT2D eigenvalue weighted by Gasteiger charge is -2.32. The molecule has 0 aromatic rings. The number of allylic oxidation sites excluding steroid dienone is 1. The van der Waals surface area contributed by atoms with Gasteiger partial charge in [-0.1, -0.05) is 27.4 Å². The van der Waals surface area contributed by atoms with Gasteiger partial charge in [-0.3, -0.25) is 4.55 Å². The smallest absolute Gasteiger partial charge is 0.267 e. The maximum absolute atomic E-state index is 10.8. The van der Waals surface area contributed by atoms with E-state index in [9.17, 15) is 13.5 Å². The van der Waals surface area contributed by atoms with Crippen molar-refractivity contribution in [1.29, 1.82) is 0 Å². The van der Waals surface area contributed by atoms with Crippen LogP contribution in [-0.2, 0) is 10.1 Å². The fraction of sp³-hybridized carbons (Fsp3) is 0.867. The zero-order chi connectivity index (χ0) is 17.6. The SMILES string of the molecule is C=C(NCCC[N+](C)(C)CC(O)CS(=O)(=O)O)C(C)(C)CC. The first-order valence-electron chi connectivity index (χ1n) is 7.67. The molecule has 0 aliphatic rings. The Balaban J connectivity index is 4.16. The molecule has 0 saturated carbocycles. The molecular formula is C15H33N2O4S+. The van der Waals surface area contributed by atoms with E-state index in [4.69, 9.17) is 4.55 Å². The van der Waals surface area contributed by atoms with Crippen LogP contribution in [0.25, 0.3) is 0 Å². The highest BCUT2D eigenvalue weighted by Gasteiger charge is 2.24. The van der Waals surface area contributed by atoms with Gasteiger partial charge in [0, 0.05) is 24.1 Å². The molecule has 0 aromatic carbocycles. The van der Waals surface area contributed by atoms with E-state index < -0.39 is 22.0 Å². The lowest BCUT2D eigenvalue weighted by molar-refractivity contribution is -0.893. The van der Waals surface area contributed by atoms with Crippen LogP contribution in [0.1, 0.15) is 33.6 Å². The van der Waals surface area contributed by atoms with Crippen molar-refractivity contribution in [3.8, 4) is 0 Å². The summed E-state index contributed by atoms with van der Waals surface area (Å²) in [5.41, 5.74) is 1.09. The van der Waals surface area contributed by atoms with Crippen LogP contribution in [0.15, 0.2) is 12.3 Å². The molecule has 1 unspecified atom stereocenters. The Morgan fingerprint density at radius 1 is 1.36 bits per heavy atom. The third-order valence-corrected chi connectivity index (χ3v) is 4.89. The third kappa shape index (κ3) is 9.40. The van der Waals surface area contributed by atoms with Gasteiger partial charge in [0.25, 0.3) is 10.1 Å². The number of rotatable bonds is 11. The van der Waals surface area contributed by atoms with Gasteiger partial charge in [0.1, 0.15) is 18.4 Å². The quantitative estimate of drug-likeness (QED) is 0.300. The molecule has 0 spiro atoms. The summed E-state index contributed by atoms with van der Waals surface area (Å²) in [5, 5.41) is 13.1. The summed E-state index contributed by atoms with van der Waals surface area (Å²) in [4.78, 5) is 0. The number of hydrogen-bond donors (Lipinski definition) is 3. The van der Waals surface area contributed by atoms with E-state index in [-0.39, 0.29) is 12.0 Å². The Kier molecular flexibility index (Phi) is 8.05. The van der Waals surface area contributed by atoms with E-state index in [2.05, 4.69) is 32.7 Å². The third-order valence-electron chi connectivity index (χ3n) is 4.09. The molecule has 0 bridgehead atoms. The van der Waals surface area contributed by atoms with Crippen LogP contribution < -0.4 is 5.32 Å². The van der Waals surface area contributed by atoms with Gasteiger partial charge in [0.15, 0.2) is 0 Å². The Bertz CT molecular complexity index is 458. The second-order valence-corrected chi connectivity index (χ2v) is 8.74. The fourth-order valence-electron chi connectivity index (χ4n) is 2.16. The number of likely N-dealkylation sites (N-methyl/N-ethyl adjacent to an activating group) is 1. The zero-order valence-corrected chi connectivity index (χ0v) is 15.4. The van der Waals surface area contributed by atoms with Crippen LogP contribution in [0.2, 0.25) is 0 Å². The van der Waals surface area contributed by atoms with Gasteiger partial charge in [0.2, 0.25) is 0 Å². The molecule has 0 radical (unpaired) electrons. The summed E-state index contributed by atoms with van der Waals surface area (Å²) in [6.45, 7) is 12.3. The van der Waals surface area contributed by atoms with E-state index in [0.29, 0.717) is 4.48 Å². The minimum Gasteiger partial charge on any atom is -0.388 e. The van der Waals surface area contributed by atoms with Crippen molar-refractivity contribution in [1.82, 2.24) is 5.32 Å². The van der Waals surface area contributed by atoms with Crippen LogP contribution in [0.5, 0.6) is 0 Å². The summed E-state index contributed by atoms with van der Waals surface area (Å²) < 4.78 is 30.7. The van der Waals surface area contributed by atoms with E-state index in [0.717, 1.165) is 31.6 Å². The summed E-state index contributed by atoms with van der Waals surface area (Å²) in [6, 6.07) is 0. The first-order chi connectivity index (χ1) is 9.79. The zero-order valence-electron chi connectivity index (χ0n) is 14.6. The lowest BCUT2D eigenvalue weighted by Crippen LogP contribution is -2.48. The van der Waals surface area contributed by atoms with Crippen molar-refractivity contribution in [3.05, 3.63) is 12.3 Å². The minimum atomic E-state index is -4.14. The number of nitrogens with zero attached hydrogens (tertiary/aromatic N) is 1. The normalized spacial score (nSPS) is 14.7. The van der Waals surface area contributed by atoms with Gasteiger partial charge in [-0.2, -0.15) is 8.42 Å². The molecule has 1 atom stereocenters. The molecule has 132 valence electrons. The largest absolute Gasteiger partial charge is 0.388 e. The maximum atomic E-state index is 10.8. The van der Waals surface area contributed by atoms with Crippen molar-refractivity contribution in [2.45, 2.75) is 39.7 Å². The molecule has 0 aliphatic heterocycles. The number of quaternary nitrogens is 1. The number of nitrogens with one attached hydrogen (secondary N) is 1. The molecular weight excluding hydrogens is 304 g/mol. The van der Waals surface area contributed by atoms with Crippen molar-refractivity contribution < 1.29 is 22.6 Å². The molecule has 22 heavy (non-hydrogen) atoms. The summed E-state index contributed by atoms with van der Waals surface area (Å²) >= 11 is 0. The fourth-order valence-corrected chi connectivity index (χ4v) is 2.75. The average molecular weight is 338 g/mol. The molecule has 0 amide bonds. The van der Waals surface area contributed by atoms with Crippen LogP contribution in [0.3, 0.4) is 0 Å². The van der Waals surface area contributed by atoms with Gasteiger partial charge in [-0.15, -0.1) is 0 Å². The highest BCUT2D eigenvalue weighted by molar-refractivity contribution is 7.85. The van der Waals surface area contributed by atoms with Gasteiger partial charge >= 0.3 is 0 Å².